The van der Waals surface area contributed by atoms with E-state index in [1.54, 1.807) is 6.07 Å². The summed E-state index contributed by atoms with van der Waals surface area (Å²) in [6.07, 6.45) is 6.11. The minimum atomic E-state index is -0.310. The highest BCUT2D eigenvalue weighted by molar-refractivity contribution is 6.24. The van der Waals surface area contributed by atoms with Crippen molar-refractivity contribution >= 4 is 34.8 Å². The first-order chi connectivity index (χ1) is 11.4. The van der Waals surface area contributed by atoms with E-state index in [4.69, 9.17) is 11.6 Å². The molecule has 0 radical (unpaired) electrons. The molecule has 2 amide bonds. The summed E-state index contributed by atoms with van der Waals surface area (Å²) in [4.78, 5) is 24.1. The van der Waals surface area contributed by atoms with Gasteiger partial charge in [0.2, 0.25) is 11.8 Å². The molecule has 0 aromatic heterocycles. The van der Waals surface area contributed by atoms with E-state index in [-0.39, 0.29) is 22.1 Å². The Balaban J connectivity index is 1.53. The van der Waals surface area contributed by atoms with Gasteiger partial charge >= 0.3 is 0 Å². The molecule has 0 saturated heterocycles. The van der Waals surface area contributed by atoms with Crippen molar-refractivity contribution in [3.8, 4) is 0 Å². The van der Waals surface area contributed by atoms with Crippen LogP contribution in [0.15, 0.2) is 24.3 Å². The summed E-state index contributed by atoms with van der Waals surface area (Å²) in [5, 5.41) is 5.83. The molecule has 1 aromatic carbocycles. The molecule has 1 aromatic rings. The first-order valence-corrected chi connectivity index (χ1v) is 9.12. The van der Waals surface area contributed by atoms with Crippen LogP contribution < -0.4 is 10.6 Å². The number of hydrogen-bond acceptors (Lipinski definition) is 2. The summed E-state index contributed by atoms with van der Waals surface area (Å²) in [6.45, 7) is 1.47. The van der Waals surface area contributed by atoms with E-state index < -0.39 is 0 Å². The zero-order chi connectivity index (χ0) is 16.9. The fraction of sp³-hybridized carbons (Fsp3) is 0.579. The van der Waals surface area contributed by atoms with Crippen molar-refractivity contribution < 1.29 is 9.59 Å². The highest BCUT2D eigenvalue weighted by Gasteiger charge is 2.60. The number of halogens is 1. The third-order valence-corrected chi connectivity index (χ3v) is 6.35. The standard InChI is InChI=1S/C19H23ClN2O2/c1-12(23)21-15-3-2-4-16(6-15)22-17(24)18-7-13-5-14(8-18)10-19(20,9-13)11-18/h2-4,6,13-14H,5,7-11H2,1H3,(H,21,23)(H,22,24)/t13-,14+,18?,19?. The Morgan fingerprint density at radius 1 is 1.08 bits per heavy atom. The maximum Gasteiger partial charge on any atom is 0.230 e. The SMILES string of the molecule is CC(=O)Nc1cccc(NC(=O)C23C[C@@H]4C[C@@H](CC(Cl)(C4)C2)C3)c1. The van der Waals surface area contributed by atoms with Gasteiger partial charge in [-0.15, -0.1) is 11.6 Å². The van der Waals surface area contributed by atoms with Crippen molar-refractivity contribution in [2.45, 2.75) is 50.3 Å². The third kappa shape index (κ3) is 2.81. The number of carbonyl (C=O) groups is 2. The molecule has 5 heteroatoms. The Hall–Kier alpha value is -1.55. The van der Waals surface area contributed by atoms with Crippen LogP contribution in [0.5, 0.6) is 0 Å². The summed E-state index contributed by atoms with van der Waals surface area (Å²) < 4.78 is 0. The van der Waals surface area contributed by atoms with Gasteiger partial charge in [-0.05, 0) is 68.6 Å². The van der Waals surface area contributed by atoms with Crippen LogP contribution in [0.2, 0.25) is 0 Å². The number of nitrogens with one attached hydrogen (secondary N) is 2. The van der Waals surface area contributed by atoms with Crippen LogP contribution >= 0.6 is 11.6 Å². The quantitative estimate of drug-likeness (QED) is 0.807. The lowest BCUT2D eigenvalue weighted by molar-refractivity contribution is -0.138. The molecule has 0 spiro atoms. The van der Waals surface area contributed by atoms with E-state index in [1.807, 2.05) is 18.2 Å². The van der Waals surface area contributed by atoms with Crippen LogP contribution in [0.4, 0.5) is 11.4 Å². The Kier molecular flexibility index (Phi) is 3.64. The normalized spacial score (nSPS) is 36.4. The average Bonchev–Trinajstić information content (AvgIpc) is 2.44. The summed E-state index contributed by atoms with van der Waals surface area (Å²) in [5.74, 6) is 1.17. The highest BCUT2D eigenvalue weighted by atomic mass is 35.5. The molecule has 0 aliphatic heterocycles. The molecule has 4 fully saturated rings. The summed E-state index contributed by atoms with van der Waals surface area (Å²) in [5.41, 5.74) is 1.11. The minimum absolute atomic E-state index is 0.0987. The van der Waals surface area contributed by atoms with Crippen LogP contribution in [0.1, 0.15) is 45.4 Å². The highest BCUT2D eigenvalue weighted by Crippen LogP contribution is 2.64. The Morgan fingerprint density at radius 2 is 1.71 bits per heavy atom. The number of amides is 2. The van der Waals surface area contributed by atoms with Gasteiger partial charge < -0.3 is 10.6 Å². The first-order valence-electron chi connectivity index (χ1n) is 8.74. The van der Waals surface area contributed by atoms with Crippen molar-refractivity contribution in [3.05, 3.63) is 24.3 Å². The fourth-order valence-corrected chi connectivity index (χ4v) is 6.25. The van der Waals surface area contributed by atoms with Crippen molar-refractivity contribution in [2.24, 2.45) is 17.3 Å². The Bertz CT molecular complexity index is 688. The topological polar surface area (TPSA) is 58.2 Å². The smallest absolute Gasteiger partial charge is 0.230 e. The molecule has 24 heavy (non-hydrogen) atoms. The molecule has 0 heterocycles. The lowest BCUT2D eigenvalue weighted by atomic mass is 9.49. The van der Waals surface area contributed by atoms with Gasteiger partial charge in [-0.2, -0.15) is 0 Å². The van der Waals surface area contributed by atoms with Gasteiger partial charge in [0.15, 0.2) is 0 Å². The Morgan fingerprint density at radius 3 is 2.29 bits per heavy atom. The van der Waals surface area contributed by atoms with Crippen LogP contribution in [-0.4, -0.2) is 16.7 Å². The molecule has 4 saturated carbocycles. The van der Waals surface area contributed by atoms with Gasteiger partial charge in [0, 0.05) is 23.2 Å². The number of alkyl halides is 1. The number of benzene rings is 1. The van der Waals surface area contributed by atoms with Gasteiger partial charge in [0.05, 0.1) is 5.41 Å². The zero-order valence-electron chi connectivity index (χ0n) is 13.9. The number of hydrogen-bond donors (Lipinski definition) is 2. The van der Waals surface area contributed by atoms with Gasteiger partial charge in [0.25, 0.3) is 0 Å². The summed E-state index contributed by atoms with van der Waals surface area (Å²) >= 11 is 6.82. The maximum absolute atomic E-state index is 13.1. The van der Waals surface area contributed by atoms with Gasteiger partial charge in [0.1, 0.15) is 0 Å². The molecular formula is C19H23ClN2O2. The second kappa shape index (κ2) is 5.48. The lowest BCUT2D eigenvalue weighted by Gasteiger charge is -2.59. The fourth-order valence-electron chi connectivity index (χ4n) is 5.56. The molecule has 128 valence electrons. The van der Waals surface area contributed by atoms with E-state index in [1.165, 1.54) is 13.3 Å². The monoisotopic (exact) mass is 346 g/mol. The molecule has 4 nitrogen and oxygen atoms in total. The van der Waals surface area contributed by atoms with Gasteiger partial charge in [-0.25, -0.2) is 0 Å². The van der Waals surface area contributed by atoms with Crippen LogP contribution in [0.3, 0.4) is 0 Å². The van der Waals surface area contributed by atoms with E-state index >= 15 is 0 Å². The third-order valence-electron chi connectivity index (χ3n) is 5.91. The van der Waals surface area contributed by atoms with Gasteiger partial charge in [-0.3, -0.25) is 9.59 Å². The zero-order valence-corrected chi connectivity index (χ0v) is 14.7. The van der Waals surface area contributed by atoms with Crippen molar-refractivity contribution in [2.75, 3.05) is 10.6 Å². The van der Waals surface area contributed by atoms with Crippen molar-refractivity contribution in [1.29, 1.82) is 0 Å². The van der Waals surface area contributed by atoms with E-state index in [0.29, 0.717) is 17.5 Å². The number of rotatable bonds is 3. The summed E-state index contributed by atoms with van der Waals surface area (Å²) in [7, 11) is 0. The number of carbonyl (C=O) groups excluding carboxylic acids is 2. The largest absolute Gasteiger partial charge is 0.326 e. The average molecular weight is 347 g/mol. The van der Waals surface area contributed by atoms with Crippen LogP contribution in [-0.2, 0) is 9.59 Å². The van der Waals surface area contributed by atoms with E-state index in [0.717, 1.165) is 37.8 Å². The van der Waals surface area contributed by atoms with Crippen LogP contribution in [0, 0.1) is 17.3 Å². The second-order valence-electron chi connectivity index (χ2n) is 8.11. The Labute approximate surface area is 147 Å². The first kappa shape index (κ1) is 15.9. The molecule has 2 N–H and O–H groups in total. The molecule has 4 bridgehead atoms. The number of anilines is 2. The molecule has 5 rings (SSSR count). The predicted octanol–water partition coefficient (Wildman–Crippen LogP) is 4.16. The summed E-state index contributed by atoms with van der Waals surface area (Å²) in [6, 6.07) is 7.32. The molecule has 4 atom stereocenters. The van der Waals surface area contributed by atoms with Gasteiger partial charge in [-0.1, -0.05) is 6.07 Å². The van der Waals surface area contributed by atoms with E-state index in [2.05, 4.69) is 10.6 Å². The van der Waals surface area contributed by atoms with Crippen molar-refractivity contribution in [1.82, 2.24) is 0 Å². The lowest BCUT2D eigenvalue weighted by Crippen LogP contribution is -2.57. The molecular weight excluding hydrogens is 324 g/mol. The molecule has 4 aliphatic carbocycles. The predicted molar refractivity (Wildman–Crippen MR) is 95.1 cm³/mol. The second-order valence-corrected chi connectivity index (χ2v) is 8.91. The van der Waals surface area contributed by atoms with E-state index in [9.17, 15) is 9.59 Å². The van der Waals surface area contributed by atoms with Crippen molar-refractivity contribution in [3.63, 3.8) is 0 Å². The molecule has 2 unspecified atom stereocenters. The maximum atomic E-state index is 13.1. The van der Waals surface area contributed by atoms with Crippen LogP contribution in [0.25, 0.3) is 0 Å². The molecule has 4 aliphatic rings. The minimum Gasteiger partial charge on any atom is -0.326 e.